The van der Waals surface area contributed by atoms with Crippen LogP contribution >= 0.6 is 12.4 Å². The van der Waals surface area contributed by atoms with Crippen molar-refractivity contribution >= 4 is 48.2 Å². The zero-order valence-corrected chi connectivity index (χ0v) is 61.7. The highest BCUT2D eigenvalue weighted by atomic mass is 35.5. The van der Waals surface area contributed by atoms with Gasteiger partial charge in [-0.05, 0) is 201 Å². The van der Waals surface area contributed by atoms with E-state index in [4.69, 9.17) is 52.5 Å². The molecule has 18 atom stereocenters. The summed E-state index contributed by atoms with van der Waals surface area (Å²) in [6, 6.07) is 11.2. The lowest BCUT2D eigenvalue weighted by Gasteiger charge is -2.61. The summed E-state index contributed by atoms with van der Waals surface area (Å²) in [5.41, 5.74) is 0.235. The quantitative estimate of drug-likeness (QED) is 0.0984. The van der Waals surface area contributed by atoms with Gasteiger partial charge in [0.25, 0.3) is 0 Å². The van der Waals surface area contributed by atoms with Gasteiger partial charge in [-0.1, -0.05) is 30.3 Å². The zero-order valence-electron chi connectivity index (χ0n) is 60.9. The van der Waals surface area contributed by atoms with E-state index in [1.54, 1.807) is 67.5 Å². The Morgan fingerprint density at radius 1 is 0.495 bits per heavy atom. The first kappa shape index (κ1) is 75.9. The third-order valence-corrected chi connectivity index (χ3v) is 24.1. The second-order valence-corrected chi connectivity index (χ2v) is 32.8. The molecule has 4 saturated heterocycles. The van der Waals surface area contributed by atoms with Crippen molar-refractivity contribution in [1.29, 1.82) is 0 Å². The number of piperidine rings is 3. The molecule has 28 nitrogen and oxygen atoms in total. The van der Waals surface area contributed by atoms with Gasteiger partial charge in [0.1, 0.15) is 40.0 Å². The Hall–Kier alpha value is -7.29. The van der Waals surface area contributed by atoms with Gasteiger partial charge in [-0.3, -0.25) is 0 Å². The monoisotopic (exact) mass is 1480 g/mol. The number of rotatable bonds is 11. The fraction of sp³-hybridized carbons (Fsp3) is 0.605. The molecule has 105 heavy (non-hydrogen) atoms. The van der Waals surface area contributed by atoms with E-state index in [2.05, 4.69) is 39.9 Å². The number of halogens is 1. The van der Waals surface area contributed by atoms with Gasteiger partial charge >= 0.3 is 35.8 Å². The van der Waals surface area contributed by atoms with Crippen molar-refractivity contribution in [1.82, 2.24) is 14.7 Å². The average Bonchev–Trinajstić information content (AvgIpc) is 1.59. The standard InChI is InChI=1S/C29H37NO8.C26H33NO8.C21H23NO9.ClH/c1-15-8-9-16-14-18-29(33)11-10-17(23-28(29,12-13-30(18)7)19(16)20(15)35-23)34-24(31)21-22(37-27(5,6)36-21)25(32)38-26(2,3)4;1-13-6-7-14-12-16-26(32)9-8-15(21-25(26,10-11-27(16)5)17(14)20(13)34-21)33-22(30)18(28)19(29)23(31)35-24(2,3)4;1-22-7-6-20-13-9-2-3-10(23)16(13)31-17(20)11(4-5-21(20,29)12(22)8-9)30-19(28)15(25)14(24)18(26)27;/h8-10,18,21-23,33H,11-14H2,1-7H3;6-8,16,18-19,21,28-29,32H,9-12H2,1-5H3;2-4,12,14-15,17,23-25,29H,5-8H2,1H3,(H,26,27);1H/t18-,21-,22?,23+,28+,29-;16-,18-,19-,21+,25+,26-;12-,14-,15-,17+,20+,21-;/m111./s1. The fourth-order valence-corrected chi connectivity index (χ4v) is 19.5. The summed E-state index contributed by atoms with van der Waals surface area (Å²) in [4.78, 5) is 81.2. The number of nitrogens with zero attached hydrogens (tertiary/aromatic N) is 3. The van der Waals surface area contributed by atoms with Crippen LogP contribution < -0.4 is 14.2 Å². The molecule has 16 rings (SSSR count). The van der Waals surface area contributed by atoms with Crippen molar-refractivity contribution in [2.75, 3.05) is 40.8 Å². The summed E-state index contributed by atoms with van der Waals surface area (Å²) >= 11 is 0. The fourth-order valence-electron chi connectivity index (χ4n) is 19.5. The lowest BCUT2D eigenvalue weighted by atomic mass is 9.50. The Morgan fingerprint density at radius 3 is 1.23 bits per heavy atom. The highest BCUT2D eigenvalue weighted by molar-refractivity contribution is 5.88. The van der Waals surface area contributed by atoms with Crippen molar-refractivity contribution < 1.29 is 122 Å². The molecule has 0 saturated carbocycles. The number of phenols is 1. The molecular weight excluding hydrogens is 1390 g/mol. The molecule has 570 valence electrons. The Morgan fingerprint density at radius 2 is 0.838 bits per heavy atom. The number of aliphatic hydroxyl groups is 7. The normalized spacial score (nSPS) is 34.4. The topological polar surface area (TPSA) is 387 Å². The molecule has 4 fully saturated rings. The maximum atomic E-state index is 13.6. The van der Waals surface area contributed by atoms with Crippen molar-refractivity contribution in [2.45, 2.75) is 250 Å². The molecule has 0 amide bonds. The maximum absolute atomic E-state index is 13.6. The molecule has 3 spiro atoms. The number of aliphatic hydroxyl groups excluding tert-OH is 4. The highest BCUT2D eigenvalue weighted by Crippen LogP contribution is 2.68. The molecule has 3 aromatic rings. The molecule has 0 aromatic heterocycles. The van der Waals surface area contributed by atoms with Crippen LogP contribution in [0.1, 0.15) is 138 Å². The second-order valence-electron chi connectivity index (χ2n) is 32.8. The van der Waals surface area contributed by atoms with Crippen LogP contribution in [0.2, 0.25) is 0 Å². The van der Waals surface area contributed by atoms with E-state index < -0.39 is 141 Å². The Bertz CT molecular complexity index is 4240. The highest BCUT2D eigenvalue weighted by Gasteiger charge is 2.75. The first-order valence-electron chi connectivity index (χ1n) is 35.5. The first-order valence-corrected chi connectivity index (χ1v) is 35.5. The summed E-state index contributed by atoms with van der Waals surface area (Å²) < 4.78 is 58.1. The molecule has 7 heterocycles. The molecule has 0 radical (unpaired) electrons. The zero-order chi connectivity index (χ0) is 75.2. The number of benzene rings is 3. The third-order valence-electron chi connectivity index (χ3n) is 24.1. The largest absolute Gasteiger partial charge is 0.504 e. The minimum atomic E-state index is -2.34. The number of likely N-dealkylation sites (tertiary alicyclic amines) is 3. The summed E-state index contributed by atoms with van der Waals surface area (Å²) in [5.74, 6) is -5.90. The predicted molar refractivity (Wildman–Crippen MR) is 369 cm³/mol. The van der Waals surface area contributed by atoms with Crippen LogP contribution in [-0.4, -0.2) is 244 Å². The molecule has 9 N–H and O–H groups in total. The Balaban J connectivity index is 0.000000140. The van der Waals surface area contributed by atoms with Crippen molar-refractivity contribution in [3.63, 3.8) is 0 Å². The molecule has 13 aliphatic rings. The smallest absolute Gasteiger partial charge is 0.343 e. The van der Waals surface area contributed by atoms with E-state index in [1.165, 1.54) is 17.7 Å². The van der Waals surface area contributed by atoms with Crippen LogP contribution in [0.4, 0.5) is 0 Å². The SMILES string of the molecule is CN1CC[C@]23c4c5ccc(O)c4O[C@H]2C(OC(=O)[C@H](O)[C@@H](O)C(=O)O)=CC[C@@]3(O)[C@H]1C5.Cc1ccc2c3c1O[C@H]1C(OC(=O)[C@@H]4OC(C)(C)OC4C(=O)OC(C)(C)C)=CC[C@@]4(O)[C@@H](C2)N(C)CC[C@]314.Cc1ccc2c3c1O[C@H]1C(OC(=O)[C@H](O)[C@@H](O)C(=O)OC(C)(C)C)=CC[C@@]4(O)[C@@H](C2)N(C)CC[C@]314.Cl. The summed E-state index contributed by atoms with van der Waals surface area (Å²) in [6.07, 6.45) is -4.53. The van der Waals surface area contributed by atoms with Gasteiger partial charge in [-0.15, -0.1) is 12.4 Å². The van der Waals surface area contributed by atoms with Crippen LogP contribution in [0.25, 0.3) is 0 Å². The van der Waals surface area contributed by atoms with E-state index >= 15 is 0 Å². The number of aromatic hydroxyl groups is 1. The van der Waals surface area contributed by atoms with Crippen molar-refractivity contribution in [2.24, 2.45) is 0 Å². The number of aliphatic carboxylic acids is 1. The van der Waals surface area contributed by atoms with E-state index in [9.17, 15) is 69.6 Å². The van der Waals surface area contributed by atoms with Crippen LogP contribution in [0.3, 0.4) is 0 Å². The minimum Gasteiger partial charge on any atom is -0.504 e. The van der Waals surface area contributed by atoms with Gasteiger partial charge in [0.15, 0.2) is 72.2 Å². The van der Waals surface area contributed by atoms with Crippen LogP contribution in [0.15, 0.2) is 71.9 Å². The van der Waals surface area contributed by atoms with E-state index in [0.29, 0.717) is 62.1 Å². The van der Waals surface area contributed by atoms with Gasteiger partial charge in [0, 0.05) is 54.1 Å². The maximum Gasteiger partial charge on any atom is 0.343 e. The number of phenolic OH excluding ortho intramolecular Hbond substituents is 1. The molecule has 7 aliphatic heterocycles. The number of hydrogen-bond donors (Lipinski definition) is 9. The molecule has 29 heteroatoms. The van der Waals surface area contributed by atoms with Crippen LogP contribution in [0.5, 0.6) is 23.0 Å². The van der Waals surface area contributed by atoms with E-state index in [0.717, 1.165) is 58.6 Å². The van der Waals surface area contributed by atoms with E-state index in [-0.39, 0.29) is 66.4 Å². The lowest BCUT2D eigenvalue weighted by molar-refractivity contribution is -0.183. The number of likely N-dealkylation sites (N-methyl/N-ethyl adjacent to an activating group) is 3. The van der Waals surface area contributed by atoms with Crippen molar-refractivity contribution in [3.8, 4) is 23.0 Å². The minimum absolute atomic E-state index is 0. The summed E-state index contributed by atoms with van der Waals surface area (Å²) in [6.45, 7) is 19.5. The van der Waals surface area contributed by atoms with Crippen LogP contribution in [-0.2, 0) is 97.4 Å². The van der Waals surface area contributed by atoms with Gasteiger partial charge in [-0.2, -0.15) is 0 Å². The number of aryl methyl sites for hydroxylation is 2. The van der Waals surface area contributed by atoms with Crippen LogP contribution in [0, 0.1) is 13.8 Å². The van der Waals surface area contributed by atoms with Gasteiger partial charge in [0.2, 0.25) is 0 Å². The molecular formula is C76H94ClN3O25. The first-order chi connectivity index (χ1) is 48.6. The molecule has 6 bridgehead atoms. The summed E-state index contributed by atoms with van der Waals surface area (Å²) in [7, 11) is 6.00. The number of esters is 5. The molecule has 3 aromatic carbocycles. The Kier molecular flexibility index (Phi) is 18.6. The van der Waals surface area contributed by atoms with Gasteiger partial charge < -0.3 is 108 Å². The van der Waals surface area contributed by atoms with E-state index in [1.807, 2.05) is 40.1 Å². The Labute approximate surface area is 612 Å². The number of carboxylic acids is 1. The van der Waals surface area contributed by atoms with Gasteiger partial charge in [0.05, 0.1) is 33.0 Å². The molecule has 6 aliphatic carbocycles. The predicted octanol–water partition coefficient (Wildman–Crippen LogP) is 3.00. The van der Waals surface area contributed by atoms with Crippen molar-refractivity contribution in [3.05, 3.63) is 116 Å². The summed E-state index contributed by atoms with van der Waals surface area (Å²) in [5, 5.41) is 95.6. The number of carbonyl (C=O) groups excluding carboxylic acids is 5. The average molecular weight is 1490 g/mol. The number of carbonyl (C=O) groups is 6. The number of carboxylic acid groups (broad SMARTS) is 1. The second kappa shape index (κ2) is 25.7. The van der Waals surface area contributed by atoms with Gasteiger partial charge in [-0.25, -0.2) is 28.8 Å². The number of ether oxygens (including phenoxy) is 10. The third kappa shape index (κ3) is 11.3. The lowest BCUT2D eigenvalue weighted by Crippen LogP contribution is -2.74. The number of hydrogen-bond acceptors (Lipinski definition) is 27. The molecule has 1 unspecified atom stereocenters.